The quantitative estimate of drug-likeness (QED) is 0.113. The molecule has 6 aliphatic heterocycles. The summed E-state index contributed by atoms with van der Waals surface area (Å²) in [6, 6.07) is 47.3. The minimum Gasteiger partial charge on any atom is -0.317 e. The molecule has 6 heterocycles. The third-order valence-corrected chi connectivity index (χ3v) is 25.8. The molecule has 6 fully saturated rings. The number of nitrogens with one attached hydrogen (secondary N) is 3. The van der Waals surface area contributed by atoms with E-state index in [1.807, 2.05) is 65.8 Å². The predicted octanol–water partition coefficient (Wildman–Crippen LogP) is 12.2. The molecule has 6 aromatic carbocycles. The predicted molar refractivity (Wildman–Crippen MR) is 402 cm³/mol. The molecule has 4 atom stereocenters. The Balaban J connectivity index is 0.000000304. The fraction of sp³-hybridized carbons (Fsp3) is 0.429. The molecule has 0 radical (unpaired) electrons. The van der Waals surface area contributed by atoms with E-state index in [9.17, 15) is 50.5 Å². The van der Waals surface area contributed by atoms with E-state index in [1.54, 1.807) is 101 Å². The van der Waals surface area contributed by atoms with Crippen LogP contribution in [0.2, 0.25) is 0 Å². The summed E-state index contributed by atoms with van der Waals surface area (Å²) in [5, 5.41) is 43.7. The first kappa shape index (κ1) is 90.1. The lowest BCUT2D eigenvalue weighted by Crippen LogP contribution is -2.34. The molecule has 556 valence electrons. The number of sulfonamides is 3. The van der Waals surface area contributed by atoms with Crippen LogP contribution in [0.4, 0.5) is 0 Å². The second kappa shape index (κ2) is 44.0. The highest BCUT2D eigenvalue weighted by atomic mass is 35.7. The zero-order valence-corrected chi connectivity index (χ0v) is 65.8. The maximum atomic E-state index is 12.3. The highest BCUT2D eigenvalue weighted by molar-refractivity contribution is 8.14. The lowest BCUT2D eigenvalue weighted by Gasteiger charge is -2.19. The van der Waals surface area contributed by atoms with Gasteiger partial charge in [0.1, 0.15) is 12.1 Å². The van der Waals surface area contributed by atoms with Gasteiger partial charge in [-0.25, -0.2) is 50.5 Å². The van der Waals surface area contributed by atoms with Crippen LogP contribution in [-0.4, -0.2) is 140 Å². The molecule has 0 spiro atoms. The summed E-state index contributed by atoms with van der Waals surface area (Å²) in [6.07, 6.45) is 11.9. The van der Waals surface area contributed by atoms with Crippen molar-refractivity contribution in [2.45, 2.75) is 172 Å². The van der Waals surface area contributed by atoms with Crippen molar-refractivity contribution in [2.24, 2.45) is 0 Å². The fourth-order valence-corrected chi connectivity index (χ4v) is 17.2. The molecule has 0 amide bonds. The molecule has 6 saturated heterocycles. The Morgan fingerprint density at radius 2 is 0.578 bits per heavy atom. The second-order valence-electron chi connectivity index (χ2n) is 24.1. The van der Waals surface area contributed by atoms with Gasteiger partial charge in [-0.05, 0) is 218 Å². The Kier molecular flexibility index (Phi) is 38.9. The second-order valence-corrected chi connectivity index (χ2v) is 37.5. The number of halogens is 4. The van der Waals surface area contributed by atoms with Gasteiger partial charge in [-0.3, -0.25) is 0 Å². The largest absolute Gasteiger partial charge is 0.317 e. The van der Waals surface area contributed by atoms with Gasteiger partial charge in [0.15, 0.2) is 0 Å². The summed E-state index contributed by atoms with van der Waals surface area (Å²) >= 11 is 0. The van der Waals surface area contributed by atoms with Crippen LogP contribution in [0.5, 0.6) is 0 Å². The van der Waals surface area contributed by atoms with Crippen molar-refractivity contribution in [3.8, 4) is 24.3 Å². The van der Waals surface area contributed by atoms with Crippen LogP contribution in [0.1, 0.15) is 110 Å². The average Bonchev–Trinajstić information content (AvgIpc) is 1.54. The molecular weight excluding hydrogens is 1510 g/mol. The Morgan fingerprint density at radius 3 is 0.775 bits per heavy atom. The Bertz CT molecular complexity index is 4140. The Morgan fingerprint density at radius 1 is 0.324 bits per heavy atom. The Hall–Kier alpha value is -6.10. The lowest BCUT2D eigenvalue weighted by atomic mass is 10.2. The Labute approximate surface area is 624 Å². The number of hydrogen-bond donors (Lipinski definition) is 3. The van der Waals surface area contributed by atoms with Crippen LogP contribution in [0.25, 0.3) is 0 Å². The van der Waals surface area contributed by atoms with E-state index in [0.29, 0.717) is 43.9 Å². The van der Waals surface area contributed by atoms with Gasteiger partial charge in [-0.2, -0.15) is 34.0 Å². The van der Waals surface area contributed by atoms with Crippen LogP contribution in [0.15, 0.2) is 175 Å². The summed E-state index contributed by atoms with van der Waals surface area (Å²) in [7, 11) is -5.63. The maximum Gasteiger partial charge on any atom is 0.261 e. The first-order valence-corrected chi connectivity index (χ1v) is 43.9. The summed E-state index contributed by atoms with van der Waals surface area (Å²) in [5.74, 6) is 0. The van der Waals surface area contributed by atoms with Gasteiger partial charge in [0.2, 0.25) is 30.1 Å². The van der Waals surface area contributed by atoms with Gasteiger partial charge >= 0.3 is 0 Å². The fourth-order valence-electron chi connectivity index (χ4n) is 10.1. The molecule has 6 aliphatic rings. The minimum absolute atomic E-state index is 0. The van der Waals surface area contributed by atoms with Gasteiger partial charge in [0.05, 0.1) is 65.7 Å². The summed E-state index contributed by atoms with van der Waals surface area (Å²) < 4.78 is 142. The zero-order valence-electron chi connectivity index (χ0n) is 57.8. The van der Waals surface area contributed by atoms with Crippen molar-refractivity contribution in [1.82, 2.24) is 28.9 Å². The third kappa shape index (κ3) is 30.9. The van der Waals surface area contributed by atoms with E-state index in [-0.39, 0.29) is 49.0 Å². The molecule has 12 rings (SSSR count). The molecule has 102 heavy (non-hydrogen) atoms. The first-order chi connectivity index (χ1) is 47.6. The maximum absolute atomic E-state index is 12.3. The normalized spacial score (nSPS) is 18.8. The lowest BCUT2D eigenvalue weighted by molar-refractivity contribution is 0.437. The number of nitrogens with zero attached hydrogens (tertiary/aromatic N) is 7. The number of rotatable bonds is 9. The zero-order chi connectivity index (χ0) is 75.0. The van der Waals surface area contributed by atoms with Crippen molar-refractivity contribution in [3.63, 3.8) is 0 Å². The van der Waals surface area contributed by atoms with E-state index < -0.39 is 69.3 Å². The molecule has 0 bridgehead atoms. The number of nitriles is 4. The summed E-state index contributed by atoms with van der Waals surface area (Å²) in [4.78, 5) is 1.38. The smallest absolute Gasteiger partial charge is 0.261 e. The molecule has 0 saturated carbocycles. The molecular formula is C70H90Cl4N10O12S6. The highest BCUT2D eigenvalue weighted by Crippen LogP contribution is 2.28. The van der Waals surface area contributed by atoms with Crippen LogP contribution < -0.4 is 16.0 Å². The molecule has 0 aromatic heterocycles. The van der Waals surface area contributed by atoms with Crippen molar-refractivity contribution < 1.29 is 50.5 Å². The molecule has 6 aromatic rings. The molecule has 22 nitrogen and oxygen atoms in total. The molecule has 32 heteroatoms. The van der Waals surface area contributed by atoms with Gasteiger partial charge < -0.3 is 16.0 Å². The van der Waals surface area contributed by atoms with Gasteiger partial charge in [0.25, 0.3) is 27.2 Å². The van der Waals surface area contributed by atoms with Crippen molar-refractivity contribution >= 4 is 102 Å². The minimum atomic E-state index is -3.55. The van der Waals surface area contributed by atoms with E-state index in [2.05, 4.69) is 28.1 Å². The van der Waals surface area contributed by atoms with Crippen LogP contribution in [0, 0.1) is 86.9 Å². The monoisotopic (exact) mass is 1590 g/mol. The van der Waals surface area contributed by atoms with Gasteiger partial charge in [-0.1, -0.05) is 106 Å². The topological polar surface area (TPSA) is 346 Å². The van der Waals surface area contributed by atoms with E-state index in [1.165, 1.54) is 70.9 Å². The number of benzene rings is 6. The first-order valence-electron chi connectivity index (χ1n) is 32.6. The molecule has 2 unspecified atom stereocenters. The van der Waals surface area contributed by atoms with Crippen molar-refractivity contribution in [3.05, 3.63) is 179 Å². The highest BCUT2D eigenvalue weighted by Gasteiger charge is 2.36. The van der Waals surface area contributed by atoms with E-state index in [4.69, 9.17) is 53.1 Å². The standard InChI is InChI=1S/2C12H14N2O2S.C11H15NO2S.3C7H7ClO2S.2C5H8N2.C4H9N.ClH/c2*1-10-4-6-12(7-5-10)17(15,16)14-8-2-3-11(14)9-13;1-10-4-6-11(7-5-10)15(13,14)12-8-2-3-9-12;3*1-6-2-4-7(5-3-6)11(8,9)10;2*6-4-5-2-1-3-7-5;1-2-4-5-3-1;/h2*4-7,11H,2-3,8H2,1H3;4-7H,2-3,8-9H2,1H3;3*2-5H,1H3;2*5,7H,1-3H2;5H,1-4H2;1H/t11-;;;;;;5-;;;/m0.....0.../s1. The van der Waals surface area contributed by atoms with E-state index in [0.717, 1.165) is 97.8 Å². The van der Waals surface area contributed by atoms with Gasteiger partial charge in [-0.15, -0.1) is 12.4 Å². The van der Waals surface area contributed by atoms with Gasteiger partial charge in [0, 0.05) is 58.2 Å². The molecule has 3 N–H and O–H groups in total. The van der Waals surface area contributed by atoms with Crippen molar-refractivity contribution in [1.29, 1.82) is 21.0 Å². The van der Waals surface area contributed by atoms with Crippen LogP contribution in [0.3, 0.4) is 0 Å². The average molecular weight is 1600 g/mol. The van der Waals surface area contributed by atoms with E-state index >= 15 is 0 Å². The third-order valence-electron chi connectivity index (χ3n) is 16.0. The summed E-state index contributed by atoms with van der Waals surface area (Å²) in [5.41, 5.74) is 6.14. The van der Waals surface area contributed by atoms with Crippen molar-refractivity contribution in [2.75, 3.05) is 52.4 Å². The summed E-state index contributed by atoms with van der Waals surface area (Å²) in [6.45, 7) is 18.2. The number of aryl methyl sites for hydroxylation is 6. The SMILES string of the molecule is C1CCNC1.Cc1ccc(S(=O)(=O)Cl)cc1.Cc1ccc(S(=O)(=O)Cl)cc1.Cc1ccc(S(=O)(=O)Cl)cc1.Cc1ccc(S(=O)(=O)N2CCCC2)cc1.Cc1ccc(S(=O)(=O)N2CCCC2C#N)cc1.Cc1ccc(S(=O)(=O)N2CCC[C@H]2C#N)cc1.Cl.N#CC1CCCN1.N#C[C@@H]1CCCN1. The van der Waals surface area contributed by atoms with Crippen LogP contribution >= 0.6 is 44.5 Å². The molecule has 0 aliphatic carbocycles. The number of hydrogen-bond acceptors (Lipinski definition) is 19. The van der Waals surface area contributed by atoms with Crippen LogP contribution in [-0.2, 0) is 57.2 Å².